The Bertz CT molecular complexity index is 670. The summed E-state index contributed by atoms with van der Waals surface area (Å²) < 4.78 is 13.0. The van der Waals surface area contributed by atoms with E-state index in [4.69, 9.17) is 0 Å². The summed E-state index contributed by atoms with van der Waals surface area (Å²) in [5.74, 6) is 1.68. The first-order valence-electron chi connectivity index (χ1n) is 8.12. The van der Waals surface area contributed by atoms with Gasteiger partial charge >= 0.3 is 0 Å². The Balaban J connectivity index is 0.00000225. The number of aliphatic imine (C=N–C) groups is 1. The standard InChI is InChI=1S/C18H22FN5.HI/c1-20-18(22-14-15-5-7-16(19)8-6-15)24-12-10-23(11-13-24)17-4-2-3-9-21-17;/h2-9H,10-14H2,1H3,(H,20,22);1H. The van der Waals surface area contributed by atoms with Gasteiger partial charge in [-0.3, -0.25) is 4.99 Å². The molecule has 0 saturated carbocycles. The minimum atomic E-state index is -0.214. The number of aromatic nitrogens is 1. The van der Waals surface area contributed by atoms with Crippen LogP contribution in [0.3, 0.4) is 0 Å². The van der Waals surface area contributed by atoms with Gasteiger partial charge in [0.1, 0.15) is 11.6 Å². The summed E-state index contributed by atoms with van der Waals surface area (Å²) in [7, 11) is 1.79. The van der Waals surface area contributed by atoms with Gasteiger partial charge in [0.25, 0.3) is 0 Å². The van der Waals surface area contributed by atoms with Gasteiger partial charge in [0.05, 0.1) is 0 Å². The molecule has 134 valence electrons. The molecule has 0 radical (unpaired) electrons. The van der Waals surface area contributed by atoms with Crippen LogP contribution < -0.4 is 10.2 Å². The van der Waals surface area contributed by atoms with E-state index >= 15 is 0 Å². The van der Waals surface area contributed by atoms with Crippen LogP contribution in [0.1, 0.15) is 5.56 Å². The number of pyridine rings is 1. The maximum atomic E-state index is 13.0. The van der Waals surface area contributed by atoms with E-state index in [0.717, 1.165) is 43.5 Å². The first-order valence-corrected chi connectivity index (χ1v) is 8.12. The number of anilines is 1. The molecular formula is C18H23FIN5. The van der Waals surface area contributed by atoms with Crippen LogP contribution in [0.15, 0.2) is 53.7 Å². The molecule has 0 bridgehead atoms. The highest BCUT2D eigenvalue weighted by Gasteiger charge is 2.20. The Kier molecular flexibility index (Phi) is 7.42. The first-order chi connectivity index (χ1) is 11.8. The fourth-order valence-electron chi connectivity index (χ4n) is 2.80. The summed E-state index contributed by atoms with van der Waals surface area (Å²) in [6.07, 6.45) is 1.82. The molecular weight excluding hydrogens is 432 g/mol. The third kappa shape index (κ3) is 5.29. The molecule has 1 aromatic heterocycles. The van der Waals surface area contributed by atoms with Crippen LogP contribution in [0.25, 0.3) is 0 Å². The van der Waals surface area contributed by atoms with Crippen LogP contribution in [-0.2, 0) is 6.54 Å². The fraction of sp³-hybridized carbons (Fsp3) is 0.333. The van der Waals surface area contributed by atoms with Crippen molar-refractivity contribution in [2.45, 2.75) is 6.54 Å². The molecule has 1 saturated heterocycles. The topological polar surface area (TPSA) is 43.8 Å². The summed E-state index contributed by atoms with van der Waals surface area (Å²) in [4.78, 5) is 13.3. The van der Waals surface area contributed by atoms with Crippen LogP contribution >= 0.6 is 24.0 Å². The summed E-state index contributed by atoms with van der Waals surface area (Å²) in [6.45, 7) is 4.23. The Morgan fingerprint density at radius 2 is 1.84 bits per heavy atom. The molecule has 0 unspecified atom stereocenters. The van der Waals surface area contributed by atoms with Gasteiger partial charge in [-0.05, 0) is 29.8 Å². The van der Waals surface area contributed by atoms with Gasteiger partial charge in [-0.1, -0.05) is 18.2 Å². The van der Waals surface area contributed by atoms with Crippen molar-refractivity contribution in [3.05, 3.63) is 60.0 Å². The van der Waals surface area contributed by atoms with Gasteiger partial charge in [-0.2, -0.15) is 0 Å². The summed E-state index contributed by atoms with van der Waals surface area (Å²) in [6, 6.07) is 12.5. The molecule has 25 heavy (non-hydrogen) atoms. The molecule has 5 nitrogen and oxygen atoms in total. The van der Waals surface area contributed by atoms with Crippen molar-refractivity contribution in [3.8, 4) is 0 Å². The number of guanidine groups is 1. The van der Waals surface area contributed by atoms with Gasteiger partial charge in [0, 0.05) is 46.0 Å². The normalized spacial score (nSPS) is 14.9. The SMILES string of the molecule is CN=C(NCc1ccc(F)cc1)N1CCN(c2ccccn2)CC1.I. The van der Waals surface area contributed by atoms with E-state index in [9.17, 15) is 4.39 Å². The molecule has 1 aliphatic heterocycles. The molecule has 0 spiro atoms. The zero-order valence-corrected chi connectivity index (χ0v) is 16.6. The number of hydrogen-bond acceptors (Lipinski definition) is 3. The van der Waals surface area contributed by atoms with Gasteiger partial charge in [-0.15, -0.1) is 24.0 Å². The lowest BCUT2D eigenvalue weighted by molar-refractivity contribution is 0.371. The minimum Gasteiger partial charge on any atom is -0.353 e. The van der Waals surface area contributed by atoms with Crippen LogP contribution in [0.2, 0.25) is 0 Å². The van der Waals surface area contributed by atoms with E-state index in [2.05, 4.69) is 25.1 Å². The lowest BCUT2D eigenvalue weighted by atomic mass is 10.2. The van der Waals surface area contributed by atoms with Crippen LogP contribution in [0.5, 0.6) is 0 Å². The predicted octanol–water partition coefficient (Wildman–Crippen LogP) is 2.74. The lowest BCUT2D eigenvalue weighted by Gasteiger charge is -2.37. The first kappa shape index (κ1) is 19.4. The average molecular weight is 455 g/mol. The number of rotatable bonds is 3. The molecule has 0 aliphatic carbocycles. The molecule has 0 amide bonds. The van der Waals surface area contributed by atoms with Crippen molar-refractivity contribution in [2.75, 3.05) is 38.1 Å². The van der Waals surface area contributed by atoms with Crippen molar-refractivity contribution in [1.29, 1.82) is 0 Å². The Morgan fingerprint density at radius 1 is 1.12 bits per heavy atom. The van der Waals surface area contributed by atoms with E-state index in [0.29, 0.717) is 6.54 Å². The van der Waals surface area contributed by atoms with Crippen molar-refractivity contribution in [1.82, 2.24) is 15.2 Å². The number of hydrogen-bond donors (Lipinski definition) is 1. The van der Waals surface area contributed by atoms with E-state index in [1.165, 1.54) is 12.1 Å². The highest BCUT2D eigenvalue weighted by atomic mass is 127. The molecule has 2 heterocycles. The van der Waals surface area contributed by atoms with Crippen molar-refractivity contribution in [3.63, 3.8) is 0 Å². The Morgan fingerprint density at radius 3 is 2.44 bits per heavy atom. The Labute approximate surface area is 165 Å². The zero-order chi connectivity index (χ0) is 16.8. The van der Waals surface area contributed by atoms with Gasteiger partial charge < -0.3 is 15.1 Å². The van der Waals surface area contributed by atoms with Crippen LogP contribution in [-0.4, -0.2) is 49.1 Å². The quantitative estimate of drug-likeness (QED) is 0.439. The molecule has 2 aromatic rings. The van der Waals surface area contributed by atoms with Gasteiger partial charge in [0.2, 0.25) is 0 Å². The van der Waals surface area contributed by atoms with Gasteiger partial charge in [-0.25, -0.2) is 9.37 Å². The van der Waals surface area contributed by atoms with Crippen LogP contribution in [0, 0.1) is 5.82 Å². The average Bonchev–Trinajstić information content (AvgIpc) is 2.65. The molecule has 1 aliphatic rings. The summed E-state index contributed by atoms with van der Waals surface area (Å²) >= 11 is 0. The highest BCUT2D eigenvalue weighted by Crippen LogP contribution is 2.12. The summed E-state index contributed by atoms with van der Waals surface area (Å²) in [5.41, 5.74) is 1.03. The molecule has 7 heteroatoms. The largest absolute Gasteiger partial charge is 0.353 e. The fourth-order valence-corrected chi connectivity index (χ4v) is 2.80. The molecule has 1 N–H and O–H groups in total. The van der Waals surface area contributed by atoms with E-state index in [1.807, 2.05) is 24.4 Å². The second kappa shape index (κ2) is 9.55. The predicted molar refractivity (Wildman–Crippen MR) is 110 cm³/mol. The third-order valence-electron chi connectivity index (χ3n) is 4.13. The van der Waals surface area contributed by atoms with E-state index in [-0.39, 0.29) is 29.8 Å². The highest BCUT2D eigenvalue weighted by molar-refractivity contribution is 14.0. The number of halogens is 2. The molecule has 1 fully saturated rings. The number of nitrogens with zero attached hydrogens (tertiary/aromatic N) is 4. The molecule has 1 aromatic carbocycles. The second-order valence-corrected chi connectivity index (χ2v) is 5.69. The zero-order valence-electron chi connectivity index (χ0n) is 14.2. The summed E-state index contributed by atoms with van der Waals surface area (Å²) in [5, 5.41) is 3.35. The van der Waals surface area contributed by atoms with Crippen LogP contribution in [0.4, 0.5) is 10.2 Å². The maximum Gasteiger partial charge on any atom is 0.194 e. The smallest absolute Gasteiger partial charge is 0.194 e. The van der Waals surface area contributed by atoms with Crippen molar-refractivity contribution < 1.29 is 4.39 Å². The minimum absolute atomic E-state index is 0. The third-order valence-corrected chi connectivity index (χ3v) is 4.13. The molecule has 3 rings (SSSR count). The van der Waals surface area contributed by atoms with E-state index in [1.54, 1.807) is 19.2 Å². The number of nitrogens with one attached hydrogen (secondary N) is 1. The van der Waals surface area contributed by atoms with Crippen molar-refractivity contribution in [2.24, 2.45) is 4.99 Å². The number of piperazine rings is 1. The maximum absolute atomic E-state index is 13.0. The molecule has 0 atom stereocenters. The second-order valence-electron chi connectivity index (χ2n) is 5.69. The van der Waals surface area contributed by atoms with Gasteiger partial charge in [0.15, 0.2) is 5.96 Å². The lowest BCUT2D eigenvalue weighted by Crippen LogP contribution is -2.52. The number of benzene rings is 1. The van der Waals surface area contributed by atoms with Crippen molar-refractivity contribution >= 4 is 35.8 Å². The Hall–Kier alpha value is -1.90. The van der Waals surface area contributed by atoms with E-state index < -0.39 is 0 Å². The monoisotopic (exact) mass is 455 g/mol.